The Hall–Kier alpha value is -3.19. The summed E-state index contributed by atoms with van der Waals surface area (Å²) in [6, 6.07) is 12.2. The summed E-state index contributed by atoms with van der Waals surface area (Å²) in [5.41, 5.74) is 1.84. The SMILES string of the molecule is CCC(=O)N(C)c1nc2ccccc2n(CC(=O)Nc2cccc(Cl)c2C)c1=O. The van der Waals surface area contributed by atoms with Gasteiger partial charge in [0.2, 0.25) is 17.6 Å². The normalized spacial score (nSPS) is 10.8. The van der Waals surface area contributed by atoms with Crippen LogP contribution in [-0.4, -0.2) is 28.4 Å². The third-order valence-electron chi connectivity index (χ3n) is 4.67. The first-order chi connectivity index (χ1) is 13.8. The minimum absolute atomic E-state index is 0.0118. The molecule has 0 bridgehead atoms. The lowest BCUT2D eigenvalue weighted by Crippen LogP contribution is -2.36. The van der Waals surface area contributed by atoms with Crippen LogP contribution in [0.1, 0.15) is 18.9 Å². The molecule has 0 aliphatic rings. The molecule has 0 atom stereocenters. The highest BCUT2D eigenvalue weighted by molar-refractivity contribution is 6.31. The maximum atomic E-state index is 13.1. The Labute approximate surface area is 172 Å². The molecule has 0 aliphatic carbocycles. The first-order valence-corrected chi connectivity index (χ1v) is 9.52. The summed E-state index contributed by atoms with van der Waals surface area (Å²) in [5.74, 6) is -0.637. The van der Waals surface area contributed by atoms with Gasteiger partial charge in [-0.05, 0) is 36.8 Å². The monoisotopic (exact) mass is 412 g/mol. The molecule has 29 heavy (non-hydrogen) atoms. The second-order valence-corrected chi connectivity index (χ2v) is 6.99. The summed E-state index contributed by atoms with van der Waals surface area (Å²) >= 11 is 6.11. The van der Waals surface area contributed by atoms with E-state index >= 15 is 0 Å². The number of hydrogen-bond acceptors (Lipinski definition) is 4. The minimum Gasteiger partial charge on any atom is -0.324 e. The number of anilines is 2. The van der Waals surface area contributed by atoms with Gasteiger partial charge in [0.15, 0.2) is 0 Å². The fourth-order valence-corrected chi connectivity index (χ4v) is 3.16. The predicted octanol–water partition coefficient (Wildman–Crippen LogP) is 3.37. The van der Waals surface area contributed by atoms with Crippen molar-refractivity contribution in [2.45, 2.75) is 26.8 Å². The van der Waals surface area contributed by atoms with Gasteiger partial charge in [0.05, 0.1) is 11.0 Å². The van der Waals surface area contributed by atoms with Crippen molar-refractivity contribution < 1.29 is 9.59 Å². The van der Waals surface area contributed by atoms with E-state index in [-0.39, 0.29) is 30.6 Å². The molecule has 0 aliphatic heterocycles. The second kappa shape index (κ2) is 8.45. The number of halogens is 1. The molecule has 2 amide bonds. The van der Waals surface area contributed by atoms with Crippen LogP contribution in [0.2, 0.25) is 5.02 Å². The van der Waals surface area contributed by atoms with Gasteiger partial charge in [-0.1, -0.05) is 36.7 Å². The molecule has 7 nitrogen and oxygen atoms in total. The molecule has 150 valence electrons. The average molecular weight is 413 g/mol. The molecule has 8 heteroatoms. The van der Waals surface area contributed by atoms with Crippen molar-refractivity contribution in [2.75, 3.05) is 17.3 Å². The highest BCUT2D eigenvalue weighted by atomic mass is 35.5. The number of nitrogens with zero attached hydrogens (tertiary/aromatic N) is 3. The number of amides is 2. The molecule has 0 unspecified atom stereocenters. The summed E-state index contributed by atoms with van der Waals surface area (Å²) in [4.78, 5) is 43.4. The summed E-state index contributed by atoms with van der Waals surface area (Å²) in [7, 11) is 1.50. The zero-order chi connectivity index (χ0) is 21.1. The van der Waals surface area contributed by atoms with Gasteiger partial charge >= 0.3 is 0 Å². The van der Waals surface area contributed by atoms with E-state index in [1.165, 1.54) is 16.5 Å². The number of nitrogens with one attached hydrogen (secondary N) is 1. The van der Waals surface area contributed by atoms with Crippen LogP contribution in [0.15, 0.2) is 47.3 Å². The lowest BCUT2D eigenvalue weighted by atomic mass is 10.2. The Balaban J connectivity index is 2.02. The third-order valence-corrected chi connectivity index (χ3v) is 5.08. The number of rotatable bonds is 5. The van der Waals surface area contributed by atoms with E-state index in [1.807, 2.05) is 0 Å². The molecule has 0 radical (unpaired) electrons. The Morgan fingerprint density at radius 1 is 1.17 bits per heavy atom. The Kier molecular flexibility index (Phi) is 5.98. The van der Waals surface area contributed by atoms with Gasteiger partial charge in [0.1, 0.15) is 6.54 Å². The van der Waals surface area contributed by atoms with Crippen molar-refractivity contribution in [3.8, 4) is 0 Å². The Morgan fingerprint density at radius 2 is 1.90 bits per heavy atom. The van der Waals surface area contributed by atoms with Gasteiger partial charge in [-0.25, -0.2) is 4.98 Å². The maximum absolute atomic E-state index is 13.1. The molecule has 1 aromatic heterocycles. The van der Waals surface area contributed by atoms with Crippen LogP contribution in [0.5, 0.6) is 0 Å². The predicted molar refractivity (Wildman–Crippen MR) is 115 cm³/mol. The number of aromatic nitrogens is 2. The Morgan fingerprint density at radius 3 is 2.62 bits per heavy atom. The molecule has 1 heterocycles. The van der Waals surface area contributed by atoms with Crippen LogP contribution < -0.4 is 15.8 Å². The number of para-hydroxylation sites is 2. The third kappa shape index (κ3) is 4.14. The Bertz CT molecular complexity index is 1160. The van der Waals surface area contributed by atoms with Crippen molar-refractivity contribution in [2.24, 2.45) is 0 Å². The number of carbonyl (C=O) groups is 2. The van der Waals surface area contributed by atoms with Gasteiger partial charge in [-0.2, -0.15) is 0 Å². The van der Waals surface area contributed by atoms with Crippen LogP contribution >= 0.6 is 11.6 Å². The van der Waals surface area contributed by atoms with Crippen molar-refractivity contribution in [3.05, 3.63) is 63.4 Å². The van der Waals surface area contributed by atoms with Gasteiger partial charge in [-0.3, -0.25) is 23.9 Å². The molecular formula is C21H21ClN4O3. The zero-order valence-electron chi connectivity index (χ0n) is 16.4. The van der Waals surface area contributed by atoms with E-state index in [0.29, 0.717) is 21.7 Å². The molecule has 0 saturated heterocycles. The standard InChI is InChI=1S/C21H21ClN4O3/c1-4-19(28)25(3)20-21(29)26(17-11-6-5-9-16(17)24-20)12-18(27)23-15-10-7-8-14(22)13(15)2/h5-11H,4,12H2,1-3H3,(H,23,27). The largest absolute Gasteiger partial charge is 0.324 e. The lowest BCUT2D eigenvalue weighted by molar-refractivity contribution is -0.118. The van der Waals surface area contributed by atoms with E-state index in [4.69, 9.17) is 11.6 Å². The number of fused-ring (bicyclic) bond motifs is 1. The molecular weight excluding hydrogens is 392 g/mol. The molecule has 0 fully saturated rings. The molecule has 1 N–H and O–H groups in total. The molecule has 2 aromatic carbocycles. The molecule has 3 aromatic rings. The summed E-state index contributed by atoms with van der Waals surface area (Å²) < 4.78 is 1.33. The zero-order valence-corrected chi connectivity index (χ0v) is 17.2. The fourth-order valence-electron chi connectivity index (χ4n) is 2.99. The van der Waals surface area contributed by atoms with E-state index in [2.05, 4.69) is 10.3 Å². The van der Waals surface area contributed by atoms with Crippen molar-refractivity contribution in [1.82, 2.24) is 9.55 Å². The van der Waals surface area contributed by atoms with Crippen LogP contribution in [0.3, 0.4) is 0 Å². The van der Waals surface area contributed by atoms with Crippen LogP contribution in [0, 0.1) is 6.92 Å². The van der Waals surface area contributed by atoms with Gasteiger partial charge in [-0.15, -0.1) is 0 Å². The fraction of sp³-hybridized carbons (Fsp3) is 0.238. The quantitative estimate of drug-likeness (QED) is 0.696. The summed E-state index contributed by atoms with van der Waals surface area (Å²) in [6.07, 6.45) is 0.235. The molecule has 3 rings (SSSR count). The lowest BCUT2D eigenvalue weighted by Gasteiger charge is -2.18. The highest BCUT2D eigenvalue weighted by Gasteiger charge is 2.19. The van der Waals surface area contributed by atoms with Crippen molar-refractivity contribution >= 4 is 46.0 Å². The second-order valence-electron chi connectivity index (χ2n) is 6.58. The summed E-state index contributed by atoms with van der Waals surface area (Å²) in [5, 5.41) is 3.33. The summed E-state index contributed by atoms with van der Waals surface area (Å²) in [6.45, 7) is 3.28. The van der Waals surface area contributed by atoms with Gasteiger partial charge in [0, 0.05) is 24.2 Å². The van der Waals surface area contributed by atoms with Crippen LogP contribution in [0.4, 0.5) is 11.5 Å². The van der Waals surface area contributed by atoms with E-state index in [9.17, 15) is 14.4 Å². The number of carbonyl (C=O) groups excluding carboxylic acids is 2. The van der Waals surface area contributed by atoms with Crippen molar-refractivity contribution in [3.63, 3.8) is 0 Å². The maximum Gasteiger partial charge on any atom is 0.294 e. The highest BCUT2D eigenvalue weighted by Crippen LogP contribution is 2.23. The van der Waals surface area contributed by atoms with Gasteiger partial charge in [0.25, 0.3) is 5.56 Å². The molecule has 0 saturated carbocycles. The van der Waals surface area contributed by atoms with Gasteiger partial charge < -0.3 is 5.32 Å². The van der Waals surface area contributed by atoms with E-state index in [1.54, 1.807) is 56.3 Å². The molecule has 0 spiro atoms. The first kappa shape index (κ1) is 20.5. The van der Waals surface area contributed by atoms with E-state index < -0.39 is 5.56 Å². The topological polar surface area (TPSA) is 84.3 Å². The van der Waals surface area contributed by atoms with Crippen LogP contribution in [0.25, 0.3) is 11.0 Å². The van der Waals surface area contributed by atoms with Crippen molar-refractivity contribution in [1.29, 1.82) is 0 Å². The first-order valence-electron chi connectivity index (χ1n) is 9.14. The average Bonchev–Trinajstić information content (AvgIpc) is 2.72. The number of benzene rings is 2. The minimum atomic E-state index is -0.508. The van der Waals surface area contributed by atoms with E-state index in [0.717, 1.165) is 5.56 Å². The number of hydrogen-bond donors (Lipinski definition) is 1. The van der Waals surface area contributed by atoms with Crippen LogP contribution in [-0.2, 0) is 16.1 Å². The smallest absolute Gasteiger partial charge is 0.294 e.